The first-order chi connectivity index (χ1) is 18.0. The van der Waals surface area contributed by atoms with Gasteiger partial charge in [-0.1, -0.05) is 26.5 Å². The number of nitrogens with zero attached hydrogens (tertiary/aromatic N) is 2. The Labute approximate surface area is 221 Å². The molecule has 0 aliphatic carbocycles. The average Bonchev–Trinajstić information content (AvgIpc) is 3.39. The van der Waals surface area contributed by atoms with Crippen LogP contribution in [0.15, 0.2) is 41.4 Å². The molecule has 11 nitrogen and oxygen atoms in total. The highest BCUT2D eigenvalue weighted by atomic mass is 19.1. The van der Waals surface area contributed by atoms with Crippen molar-refractivity contribution < 1.29 is 28.3 Å². The van der Waals surface area contributed by atoms with Gasteiger partial charge in [-0.25, -0.2) is 4.39 Å². The number of Topliss-reactive ketones (excluding diaryl/α,β-unsaturated/α-hetero) is 1. The third-order valence-corrected chi connectivity index (χ3v) is 6.27. The summed E-state index contributed by atoms with van der Waals surface area (Å²) in [6.45, 7) is 6.47. The molecule has 2 rings (SSSR count). The molecule has 1 aliphatic heterocycles. The highest BCUT2D eigenvalue weighted by Gasteiger charge is 2.40. The van der Waals surface area contributed by atoms with Crippen LogP contribution in [0.2, 0.25) is 0 Å². The quantitative estimate of drug-likeness (QED) is 0.164. The van der Waals surface area contributed by atoms with Gasteiger partial charge in [-0.3, -0.25) is 24.2 Å². The van der Waals surface area contributed by atoms with Crippen LogP contribution in [0.5, 0.6) is 5.75 Å². The summed E-state index contributed by atoms with van der Waals surface area (Å²) < 4.78 is 18.4. The molecule has 1 aliphatic rings. The van der Waals surface area contributed by atoms with E-state index in [-0.39, 0.29) is 30.4 Å². The van der Waals surface area contributed by atoms with E-state index >= 15 is 0 Å². The molecule has 0 aromatic heterocycles. The first kappa shape index (κ1) is 30.3. The maximum atomic E-state index is 13.5. The molecular weight excluding hydrogens is 495 g/mol. The Kier molecular flexibility index (Phi) is 11.2. The zero-order chi connectivity index (χ0) is 28.4. The maximum absolute atomic E-state index is 13.5. The molecule has 1 aromatic rings. The molecule has 0 bridgehead atoms. The molecule has 3 amide bonds. The number of aliphatic imine (C=N–C) groups is 1. The Bertz CT molecular complexity index is 1070. The highest BCUT2D eigenvalue weighted by Crippen LogP contribution is 2.22. The van der Waals surface area contributed by atoms with E-state index in [1.807, 2.05) is 0 Å². The van der Waals surface area contributed by atoms with Crippen molar-refractivity contribution in [3.63, 3.8) is 0 Å². The lowest BCUT2D eigenvalue weighted by Gasteiger charge is -2.31. The monoisotopic (exact) mass is 532 g/mol. The van der Waals surface area contributed by atoms with Gasteiger partial charge in [0.15, 0.2) is 18.4 Å². The molecule has 208 valence electrons. The number of carbonyl (C=O) groups is 4. The zero-order valence-corrected chi connectivity index (χ0v) is 22.0. The molecule has 0 spiro atoms. The van der Waals surface area contributed by atoms with Crippen molar-refractivity contribution in [3.05, 3.63) is 42.0 Å². The van der Waals surface area contributed by atoms with E-state index in [2.05, 4.69) is 22.2 Å². The van der Waals surface area contributed by atoms with Gasteiger partial charge in [0.1, 0.15) is 23.9 Å². The number of carbonyl (C=O) groups excluding carboxylic acids is 4. The summed E-state index contributed by atoms with van der Waals surface area (Å²) in [4.78, 5) is 57.1. The van der Waals surface area contributed by atoms with Crippen molar-refractivity contribution in [2.45, 2.75) is 51.2 Å². The SMILES string of the molecule is C=C(CCN=C(N)N)[C@H](NC(=O)[C@@H]1CCCN1C(=O)[C@@H](NC(=O)c1cccc(OC)c1)C(C)C)C(=O)CF. The highest BCUT2D eigenvalue weighted by molar-refractivity contribution is 5.99. The molecule has 0 radical (unpaired) electrons. The summed E-state index contributed by atoms with van der Waals surface area (Å²) in [6, 6.07) is 3.46. The van der Waals surface area contributed by atoms with E-state index in [1.165, 1.54) is 12.0 Å². The predicted molar refractivity (Wildman–Crippen MR) is 141 cm³/mol. The van der Waals surface area contributed by atoms with Crippen molar-refractivity contribution in [2.75, 3.05) is 26.9 Å². The fourth-order valence-electron chi connectivity index (χ4n) is 4.18. The average molecular weight is 533 g/mol. The molecular formula is C26H37FN6O5. The van der Waals surface area contributed by atoms with E-state index in [0.29, 0.717) is 30.7 Å². The molecule has 1 heterocycles. The summed E-state index contributed by atoms with van der Waals surface area (Å²) in [6.07, 6.45) is 1.04. The first-order valence-corrected chi connectivity index (χ1v) is 12.4. The standard InChI is InChI=1S/C26H37FN6O5/c1-15(2)21(31-23(35)17-7-5-8-18(13-17)38-4)25(37)33-12-6-9-19(33)24(36)32-22(20(34)14-27)16(3)10-11-30-26(28)29/h5,7-8,13,15,19,21-22H,3,6,9-12,14H2,1-2,4H3,(H,31,35)(H,32,36)(H4,28,29,30)/t19-,21-,22-/m0/s1. The lowest BCUT2D eigenvalue weighted by molar-refractivity contribution is -0.141. The third kappa shape index (κ3) is 8.02. The Balaban J connectivity index is 2.16. The second-order valence-electron chi connectivity index (χ2n) is 9.37. The summed E-state index contributed by atoms with van der Waals surface area (Å²) in [5.74, 6) is -2.28. The van der Waals surface area contributed by atoms with E-state index < -0.39 is 48.3 Å². The molecule has 0 unspecified atom stereocenters. The summed E-state index contributed by atoms with van der Waals surface area (Å²) in [5, 5.41) is 5.32. The smallest absolute Gasteiger partial charge is 0.252 e. The summed E-state index contributed by atoms with van der Waals surface area (Å²) >= 11 is 0. The van der Waals surface area contributed by atoms with Crippen molar-refractivity contribution in [3.8, 4) is 5.75 Å². The van der Waals surface area contributed by atoms with Crippen LogP contribution >= 0.6 is 0 Å². The van der Waals surface area contributed by atoms with Gasteiger partial charge >= 0.3 is 0 Å². The fraction of sp³-hybridized carbons (Fsp3) is 0.500. The van der Waals surface area contributed by atoms with Gasteiger partial charge in [0.05, 0.1) is 7.11 Å². The number of ether oxygens (including phenoxy) is 1. The Morgan fingerprint density at radius 2 is 1.95 bits per heavy atom. The van der Waals surface area contributed by atoms with E-state index in [1.54, 1.807) is 38.1 Å². The molecule has 1 aromatic carbocycles. The van der Waals surface area contributed by atoms with Gasteiger partial charge in [0.25, 0.3) is 5.91 Å². The number of nitrogens with two attached hydrogens (primary N) is 2. The van der Waals surface area contributed by atoms with Gasteiger partial charge < -0.3 is 31.7 Å². The van der Waals surface area contributed by atoms with Crippen LogP contribution in [0.1, 0.15) is 43.5 Å². The van der Waals surface area contributed by atoms with Crippen molar-refractivity contribution in [1.29, 1.82) is 0 Å². The third-order valence-electron chi connectivity index (χ3n) is 6.27. The Morgan fingerprint density at radius 1 is 1.24 bits per heavy atom. The molecule has 0 saturated carbocycles. The Morgan fingerprint density at radius 3 is 2.55 bits per heavy atom. The molecule has 1 saturated heterocycles. The lowest BCUT2D eigenvalue weighted by atomic mass is 10.00. The van der Waals surface area contributed by atoms with Crippen LogP contribution < -0.4 is 26.8 Å². The van der Waals surface area contributed by atoms with Crippen molar-refractivity contribution in [1.82, 2.24) is 15.5 Å². The van der Waals surface area contributed by atoms with Crippen LogP contribution in [-0.4, -0.2) is 79.4 Å². The summed E-state index contributed by atoms with van der Waals surface area (Å²) in [7, 11) is 1.49. The first-order valence-electron chi connectivity index (χ1n) is 12.4. The second-order valence-corrected chi connectivity index (χ2v) is 9.37. The molecule has 6 N–H and O–H groups in total. The number of likely N-dealkylation sites (tertiary alicyclic amines) is 1. The van der Waals surface area contributed by atoms with E-state index in [4.69, 9.17) is 16.2 Å². The number of alkyl halides is 1. The number of benzene rings is 1. The van der Waals surface area contributed by atoms with E-state index in [0.717, 1.165) is 0 Å². The van der Waals surface area contributed by atoms with Crippen LogP contribution in [0.3, 0.4) is 0 Å². The Hall–Kier alpha value is -3.96. The second kappa shape index (κ2) is 14.1. The zero-order valence-electron chi connectivity index (χ0n) is 22.0. The number of hydrogen-bond donors (Lipinski definition) is 4. The molecule has 1 fully saturated rings. The molecule has 3 atom stereocenters. The molecule has 12 heteroatoms. The number of guanidine groups is 1. The van der Waals surface area contributed by atoms with Gasteiger partial charge in [0.2, 0.25) is 11.8 Å². The predicted octanol–water partition coefficient (Wildman–Crippen LogP) is 0.684. The van der Waals surface area contributed by atoms with Crippen LogP contribution in [0, 0.1) is 5.92 Å². The fourth-order valence-corrected chi connectivity index (χ4v) is 4.18. The number of amides is 3. The minimum atomic E-state index is -1.30. The number of halogens is 1. The topological polar surface area (TPSA) is 169 Å². The van der Waals surface area contributed by atoms with Gasteiger partial charge in [-0.15, -0.1) is 0 Å². The number of methoxy groups -OCH3 is 1. The van der Waals surface area contributed by atoms with Crippen LogP contribution in [0.25, 0.3) is 0 Å². The largest absolute Gasteiger partial charge is 0.497 e. The van der Waals surface area contributed by atoms with E-state index in [9.17, 15) is 23.6 Å². The van der Waals surface area contributed by atoms with Crippen LogP contribution in [-0.2, 0) is 14.4 Å². The maximum Gasteiger partial charge on any atom is 0.252 e. The number of rotatable bonds is 13. The van der Waals surface area contributed by atoms with Gasteiger partial charge in [-0.05, 0) is 49.0 Å². The minimum absolute atomic E-state index is 0.115. The van der Waals surface area contributed by atoms with Crippen LogP contribution in [0.4, 0.5) is 4.39 Å². The van der Waals surface area contributed by atoms with Gasteiger partial charge in [0, 0.05) is 18.7 Å². The number of hydrogen-bond acceptors (Lipinski definition) is 6. The number of nitrogens with one attached hydrogen (secondary N) is 2. The van der Waals surface area contributed by atoms with Gasteiger partial charge in [-0.2, -0.15) is 0 Å². The summed E-state index contributed by atoms with van der Waals surface area (Å²) in [5.41, 5.74) is 11.2. The molecule has 38 heavy (non-hydrogen) atoms. The number of ketones is 1. The minimum Gasteiger partial charge on any atom is -0.497 e. The lowest BCUT2D eigenvalue weighted by Crippen LogP contribution is -2.56. The normalized spacial score (nSPS) is 16.3. The van der Waals surface area contributed by atoms with Crippen molar-refractivity contribution in [2.24, 2.45) is 22.4 Å². The van der Waals surface area contributed by atoms with Crippen molar-refractivity contribution >= 4 is 29.5 Å².